The van der Waals surface area contributed by atoms with Crippen LogP contribution in [0.1, 0.15) is 40.3 Å². The van der Waals surface area contributed by atoms with Crippen LogP contribution in [0.15, 0.2) is 115 Å². The average molecular weight is 729 g/mol. The monoisotopic (exact) mass is 727 g/mol. The number of aromatic nitrogens is 1. The van der Waals surface area contributed by atoms with Crippen LogP contribution >= 0.6 is 43.2 Å². The maximum Gasteiger partial charge on any atom is 0.271 e. The van der Waals surface area contributed by atoms with Crippen molar-refractivity contribution < 1.29 is 9.66 Å². The zero-order chi connectivity index (χ0) is 30.4. The van der Waals surface area contributed by atoms with Gasteiger partial charge in [0.1, 0.15) is 12.4 Å². The van der Waals surface area contributed by atoms with Gasteiger partial charge in [-0.2, -0.15) is 0 Å². The van der Waals surface area contributed by atoms with E-state index in [0.29, 0.717) is 33.7 Å². The first-order valence-electron chi connectivity index (χ1n) is 13.9. The van der Waals surface area contributed by atoms with E-state index in [-0.39, 0.29) is 11.2 Å². The van der Waals surface area contributed by atoms with Crippen LogP contribution in [0.3, 0.4) is 0 Å². The number of aryl methyl sites for hydroxylation is 1. The lowest BCUT2D eigenvalue weighted by Crippen LogP contribution is -2.38. The Kier molecular flexibility index (Phi) is 7.65. The number of non-ortho nitro benzene ring substituents is 1. The van der Waals surface area contributed by atoms with Gasteiger partial charge in [-0.1, -0.05) is 78.1 Å². The highest BCUT2D eigenvalue weighted by molar-refractivity contribution is 9.11. The normalized spacial score (nSPS) is 15.7. The van der Waals surface area contributed by atoms with Gasteiger partial charge in [-0.3, -0.25) is 19.5 Å². The highest BCUT2D eigenvalue weighted by atomic mass is 79.9. The third-order valence-electron chi connectivity index (χ3n) is 7.81. The molecule has 0 spiro atoms. The molecular weight excluding hydrogens is 706 g/mol. The molecule has 2 heterocycles. The summed E-state index contributed by atoms with van der Waals surface area (Å²) < 4.78 is 9.80. The van der Waals surface area contributed by atoms with E-state index < -0.39 is 11.0 Å². The highest BCUT2D eigenvalue weighted by Gasteiger charge is 2.33. The van der Waals surface area contributed by atoms with Gasteiger partial charge in [-0.15, -0.1) is 0 Å². The molecule has 7 rings (SSSR count). The molecule has 0 bridgehead atoms. The summed E-state index contributed by atoms with van der Waals surface area (Å²) in [4.78, 5) is 31.0. The van der Waals surface area contributed by atoms with Crippen molar-refractivity contribution in [2.75, 3.05) is 0 Å². The SMILES string of the molecule is O=c1c(=Cc2cc(Br)c(OCc3ccccc3)c(Br)c2)sc2n1C(c1cccc([N+](=O)[O-])c1)C1=C(N=2)c2ccccc2CC1. The number of thiazole rings is 1. The fraction of sp³-hybridized carbons (Fsp3) is 0.118. The molecule has 10 heteroatoms. The first-order valence-corrected chi connectivity index (χ1v) is 16.3. The second kappa shape index (κ2) is 11.8. The van der Waals surface area contributed by atoms with E-state index in [0.717, 1.165) is 43.3 Å². The van der Waals surface area contributed by atoms with Crippen LogP contribution in [-0.2, 0) is 13.0 Å². The van der Waals surface area contributed by atoms with Crippen molar-refractivity contribution in [2.24, 2.45) is 4.99 Å². The van der Waals surface area contributed by atoms with Crippen molar-refractivity contribution in [1.82, 2.24) is 4.57 Å². The van der Waals surface area contributed by atoms with Gasteiger partial charge in [0.2, 0.25) is 0 Å². The van der Waals surface area contributed by atoms with Crippen molar-refractivity contribution >= 4 is 60.7 Å². The molecule has 2 aliphatic rings. The van der Waals surface area contributed by atoms with E-state index in [9.17, 15) is 14.9 Å². The highest BCUT2D eigenvalue weighted by Crippen LogP contribution is 2.42. The standard InChI is InChI=1S/C34H23Br2N3O4S/c35-27-15-21(16-28(36)32(27)43-19-20-7-2-1-3-8-20)17-29-33(40)38-31(23-10-6-11-24(18-23)39(41)42)26-14-13-22-9-4-5-12-25(22)30(26)37-34(38)44-29/h1-12,15-18,31H,13-14,19H2. The van der Waals surface area contributed by atoms with Gasteiger partial charge in [-0.25, -0.2) is 4.99 Å². The second-order valence-corrected chi connectivity index (χ2v) is 13.3. The van der Waals surface area contributed by atoms with Gasteiger partial charge in [0.25, 0.3) is 11.2 Å². The number of hydrogen-bond acceptors (Lipinski definition) is 6. The van der Waals surface area contributed by atoms with E-state index in [2.05, 4.69) is 44.0 Å². The Morgan fingerprint density at radius 3 is 2.50 bits per heavy atom. The molecule has 0 fully saturated rings. The molecule has 1 unspecified atom stereocenters. The number of ether oxygens (including phenoxy) is 1. The molecule has 1 aliphatic carbocycles. The fourth-order valence-corrected chi connectivity index (χ4v) is 8.26. The van der Waals surface area contributed by atoms with Crippen molar-refractivity contribution in [1.29, 1.82) is 0 Å². The van der Waals surface area contributed by atoms with Crippen LogP contribution in [0.5, 0.6) is 5.75 Å². The molecule has 44 heavy (non-hydrogen) atoms. The van der Waals surface area contributed by atoms with Gasteiger partial charge < -0.3 is 4.74 Å². The zero-order valence-electron chi connectivity index (χ0n) is 23.1. The maximum atomic E-state index is 14.1. The lowest BCUT2D eigenvalue weighted by molar-refractivity contribution is -0.384. The van der Waals surface area contributed by atoms with Crippen molar-refractivity contribution in [3.05, 3.63) is 163 Å². The summed E-state index contributed by atoms with van der Waals surface area (Å²) in [7, 11) is 0. The fourth-order valence-electron chi connectivity index (χ4n) is 5.81. The second-order valence-electron chi connectivity index (χ2n) is 10.6. The minimum absolute atomic E-state index is 0.00994. The van der Waals surface area contributed by atoms with Crippen LogP contribution in [-0.4, -0.2) is 9.49 Å². The molecule has 4 aromatic carbocycles. The Morgan fingerprint density at radius 1 is 0.977 bits per heavy atom. The third-order valence-corrected chi connectivity index (χ3v) is 9.98. The predicted octanol–water partition coefficient (Wildman–Crippen LogP) is 7.33. The smallest absolute Gasteiger partial charge is 0.271 e. The number of fused-ring (bicyclic) bond motifs is 3. The van der Waals surface area contributed by atoms with Gasteiger partial charge in [0.15, 0.2) is 4.80 Å². The van der Waals surface area contributed by atoms with Gasteiger partial charge in [0.05, 0.1) is 30.1 Å². The summed E-state index contributed by atoms with van der Waals surface area (Å²) >= 11 is 8.60. The van der Waals surface area contributed by atoms with Gasteiger partial charge >= 0.3 is 0 Å². The first-order chi connectivity index (χ1) is 21.4. The topological polar surface area (TPSA) is 86.7 Å². The summed E-state index contributed by atoms with van der Waals surface area (Å²) in [6.45, 7) is 0.418. The van der Waals surface area contributed by atoms with Crippen LogP contribution in [0, 0.1) is 10.1 Å². The van der Waals surface area contributed by atoms with Gasteiger partial charge in [-0.05, 0) is 90.7 Å². The Morgan fingerprint density at radius 2 is 1.73 bits per heavy atom. The molecule has 0 N–H and O–H groups in total. The molecule has 1 aromatic heterocycles. The minimum Gasteiger partial charge on any atom is -0.487 e. The number of halogens is 2. The van der Waals surface area contributed by atoms with Crippen molar-refractivity contribution in [2.45, 2.75) is 25.5 Å². The lowest BCUT2D eigenvalue weighted by atomic mass is 9.83. The molecule has 5 aromatic rings. The van der Waals surface area contributed by atoms with Crippen molar-refractivity contribution in [3.8, 4) is 5.75 Å². The number of hydrogen-bond donors (Lipinski definition) is 0. The Labute approximate surface area is 272 Å². The van der Waals surface area contributed by atoms with Crippen LogP contribution in [0.4, 0.5) is 5.69 Å². The van der Waals surface area contributed by atoms with E-state index in [1.54, 1.807) is 16.7 Å². The van der Waals surface area contributed by atoms with Gasteiger partial charge in [0, 0.05) is 17.7 Å². The van der Waals surface area contributed by atoms with Crippen LogP contribution in [0.25, 0.3) is 11.8 Å². The number of benzene rings is 4. The number of allylic oxidation sites excluding steroid dienone is 1. The summed E-state index contributed by atoms with van der Waals surface area (Å²) in [5.74, 6) is 0.671. The quantitative estimate of drug-likeness (QED) is 0.135. The zero-order valence-corrected chi connectivity index (χ0v) is 27.1. The minimum atomic E-state index is -0.496. The number of nitrogens with zero attached hydrogens (tertiary/aromatic N) is 3. The third kappa shape index (κ3) is 5.27. The Bertz CT molecular complexity index is 2150. The lowest BCUT2D eigenvalue weighted by Gasteiger charge is -2.30. The number of rotatable bonds is 6. The molecule has 0 amide bonds. The molecular formula is C34H23Br2N3O4S. The summed E-state index contributed by atoms with van der Waals surface area (Å²) in [6, 6.07) is 28.0. The van der Waals surface area contributed by atoms with E-state index >= 15 is 0 Å². The maximum absolute atomic E-state index is 14.1. The van der Waals surface area contributed by atoms with E-state index in [1.165, 1.54) is 23.0 Å². The summed E-state index contributed by atoms with van der Waals surface area (Å²) in [5, 5.41) is 11.7. The number of nitro groups is 1. The van der Waals surface area contributed by atoms with Crippen LogP contribution < -0.4 is 19.6 Å². The van der Waals surface area contributed by atoms with E-state index in [4.69, 9.17) is 9.73 Å². The molecule has 7 nitrogen and oxygen atoms in total. The Balaban J connectivity index is 1.34. The molecule has 0 radical (unpaired) electrons. The van der Waals surface area contributed by atoms with Crippen LogP contribution in [0.2, 0.25) is 0 Å². The molecule has 1 atom stereocenters. The molecule has 0 saturated heterocycles. The average Bonchev–Trinajstić information content (AvgIpc) is 3.34. The molecule has 1 aliphatic heterocycles. The Hall–Kier alpha value is -4.12. The first kappa shape index (κ1) is 28.6. The largest absolute Gasteiger partial charge is 0.487 e. The van der Waals surface area contributed by atoms with Crippen molar-refractivity contribution in [3.63, 3.8) is 0 Å². The summed E-state index contributed by atoms with van der Waals surface area (Å²) in [6.07, 6.45) is 3.36. The predicted molar refractivity (Wildman–Crippen MR) is 178 cm³/mol. The summed E-state index contributed by atoms with van der Waals surface area (Å²) in [5.41, 5.74) is 6.45. The molecule has 218 valence electrons. The number of nitro benzene ring substituents is 1. The van der Waals surface area contributed by atoms with E-state index in [1.807, 2.05) is 66.7 Å². The molecule has 0 saturated carbocycles.